The zero-order valence-corrected chi connectivity index (χ0v) is 25.4. The molecule has 4 aliphatic rings. The number of ether oxygens (including phenoxy) is 1. The number of fused-ring (bicyclic) bond motifs is 5. The number of alkyl carbamates (subject to hydrolysis) is 1. The molecule has 1 amide bonds. The lowest BCUT2D eigenvalue weighted by atomic mass is 9.47. The highest BCUT2D eigenvalue weighted by Gasteiger charge is 2.59. The third-order valence-electron chi connectivity index (χ3n) is 11.2. The molecule has 0 aliphatic heterocycles. The first kappa shape index (κ1) is 29.8. The SMILES string of the molecule is CC(C)CCC[C@@H](C)[C@H]1CC[C@H]2[C@@H]3CC=C4C[C@@H](OC(=O)NC[PH](=O)OCC=O)CC[C@]4(C)[C@H]3CC[C@]12C. The average molecular weight is 550 g/mol. The van der Waals surface area contributed by atoms with E-state index in [0.717, 1.165) is 54.8 Å². The van der Waals surface area contributed by atoms with Crippen LogP contribution in [0.5, 0.6) is 0 Å². The van der Waals surface area contributed by atoms with Crippen molar-refractivity contribution in [1.29, 1.82) is 0 Å². The molecule has 0 spiro atoms. The molecule has 3 saturated carbocycles. The van der Waals surface area contributed by atoms with E-state index in [2.05, 4.69) is 46.0 Å². The molecular formula is C31H52NO5P. The van der Waals surface area contributed by atoms with Gasteiger partial charge in [0.2, 0.25) is 8.03 Å². The minimum atomic E-state index is -2.46. The second kappa shape index (κ2) is 12.6. The highest BCUT2D eigenvalue weighted by Crippen LogP contribution is 2.67. The molecule has 4 rings (SSSR count). The number of carbonyl (C=O) groups is 2. The number of carbonyl (C=O) groups excluding carboxylic acids is 2. The Morgan fingerprint density at radius 3 is 2.66 bits per heavy atom. The van der Waals surface area contributed by atoms with Gasteiger partial charge < -0.3 is 19.4 Å². The highest BCUT2D eigenvalue weighted by molar-refractivity contribution is 7.39. The number of amides is 1. The molecule has 0 radical (unpaired) electrons. The summed E-state index contributed by atoms with van der Waals surface area (Å²) in [4.78, 5) is 22.6. The van der Waals surface area contributed by atoms with Gasteiger partial charge in [0.25, 0.3) is 0 Å². The maximum absolute atomic E-state index is 12.3. The maximum Gasteiger partial charge on any atom is 0.407 e. The normalized spacial score (nSPS) is 37.8. The van der Waals surface area contributed by atoms with E-state index in [0.29, 0.717) is 11.7 Å². The molecule has 9 atom stereocenters. The molecule has 0 aromatic heterocycles. The minimum Gasteiger partial charge on any atom is -0.446 e. The monoisotopic (exact) mass is 549 g/mol. The first-order chi connectivity index (χ1) is 18.1. The van der Waals surface area contributed by atoms with E-state index in [1.807, 2.05) is 0 Å². The molecule has 6 nitrogen and oxygen atoms in total. The summed E-state index contributed by atoms with van der Waals surface area (Å²) in [5.41, 5.74) is 2.21. The predicted octanol–water partition coefficient (Wildman–Crippen LogP) is 7.77. The molecular weight excluding hydrogens is 497 g/mol. The Bertz CT molecular complexity index is 905. The second-order valence-electron chi connectivity index (χ2n) is 13.8. The number of hydrogen-bond donors (Lipinski definition) is 1. The molecule has 216 valence electrons. The summed E-state index contributed by atoms with van der Waals surface area (Å²) in [7, 11) is -2.46. The van der Waals surface area contributed by atoms with Crippen LogP contribution in [-0.4, -0.2) is 31.4 Å². The molecule has 1 N–H and O–H groups in total. The van der Waals surface area contributed by atoms with Crippen LogP contribution in [0.3, 0.4) is 0 Å². The van der Waals surface area contributed by atoms with Gasteiger partial charge in [0, 0.05) is 6.42 Å². The third-order valence-corrected chi connectivity index (χ3v) is 12.2. The van der Waals surface area contributed by atoms with E-state index in [1.54, 1.807) is 0 Å². The minimum absolute atomic E-state index is 0.105. The molecule has 0 aromatic carbocycles. The Labute approximate surface area is 231 Å². The van der Waals surface area contributed by atoms with Gasteiger partial charge in [-0.15, -0.1) is 0 Å². The smallest absolute Gasteiger partial charge is 0.407 e. The summed E-state index contributed by atoms with van der Waals surface area (Å²) in [5.74, 6) is 4.90. The van der Waals surface area contributed by atoms with Gasteiger partial charge in [0.05, 0.1) is 6.29 Å². The summed E-state index contributed by atoms with van der Waals surface area (Å²) in [6, 6.07) is 0. The largest absolute Gasteiger partial charge is 0.446 e. The van der Waals surface area contributed by atoms with Crippen LogP contribution in [0.2, 0.25) is 0 Å². The van der Waals surface area contributed by atoms with Gasteiger partial charge in [-0.2, -0.15) is 0 Å². The summed E-state index contributed by atoms with van der Waals surface area (Å²) in [6.45, 7) is 12.2. The first-order valence-corrected chi connectivity index (χ1v) is 16.8. The predicted molar refractivity (Wildman–Crippen MR) is 152 cm³/mol. The van der Waals surface area contributed by atoms with E-state index >= 15 is 0 Å². The van der Waals surface area contributed by atoms with Crippen LogP contribution in [0.15, 0.2) is 11.6 Å². The number of rotatable bonds is 11. The molecule has 1 unspecified atom stereocenters. The van der Waals surface area contributed by atoms with Gasteiger partial charge in [-0.05, 0) is 91.3 Å². The molecule has 7 heteroatoms. The molecule has 3 fully saturated rings. The van der Waals surface area contributed by atoms with Crippen LogP contribution in [0, 0.1) is 46.3 Å². The molecule has 38 heavy (non-hydrogen) atoms. The van der Waals surface area contributed by atoms with Crippen molar-refractivity contribution < 1.29 is 23.4 Å². The molecule has 0 saturated heterocycles. The van der Waals surface area contributed by atoms with Crippen molar-refractivity contribution in [2.24, 2.45) is 46.3 Å². The van der Waals surface area contributed by atoms with E-state index in [4.69, 9.17) is 9.26 Å². The van der Waals surface area contributed by atoms with Crippen LogP contribution < -0.4 is 5.32 Å². The van der Waals surface area contributed by atoms with Gasteiger partial charge in [-0.25, -0.2) is 4.79 Å². The molecule has 4 aliphatic carbocycles. The lowest BCUT2D eigenvalue weighted by molar-refractivity contribution is -0.109. The quantitative estimate of drug-likeness (QED) is 0.162. The summed E-state index contributed by atoms with van der Waals surface area (Å²) >= 11 is 0. The number of allylic oxidation sites excluding steroid dienone is 1. The van der Waals surface area contributed by atoms with E-state index < -0.39 is 14.1 Å². The average Bonchev–Trinajstić information content (AvgIpc) is 3.23. The van der Waals surface area contributed by atoms with Crippen molar-refractivity contribution in [2.75, 3.05) is 12.9 Å². The summed E-state index contributed by atoms with van der Waals surface area (Å²) < 4.78 is 22.3. The molecule has 0 bridgehead atoms. The van der Waals surface area contributed by atoms with Crippen LogP contribution in [-0.2, 0) is 18.6 Å². The lowest BCUT2D eigenvalue weighted by Crippen LogP contribution is -2.51. The summed E-state index contributed by atoms with van der Waals surface area (Å²) in [5, 5.41) is 2.54. The van der Waals surface area contributed by atoms with Gasteiger partial charge in [-0.1, -0.05) is 65.5 Å². The van der Waals surface area contributed by atoms with Crippen LogP contribution in [0.25, 0.3) is 0 Å². The van der Waals surface area contributed by atoms with Crippen molar-refractivity contribution in [3.8, 4) is 0 Å². The van der Waals surface area contributed by atoms with Crippen molar-refractivity contribution in [3.63, 3.8) is 0 Å². The van der Waals surface area contributed by atoms with Gasteiger partial charge in [-0.3, -0.25) is 4.57 Å². The van der Waals surface area contributed by atoms with Crippen molar-refractivity contribution in [2.45, 2.75) is 111 Å². The second-order valence-corrected chi connectivity index (χ2v) is 15.1. The topological polar surface area (TPSA) is 81.7 Å². The number of nitrogens with one attached hydrogen (secondary N) is 1. The van der Waals surface area contributed by atoms with E-state index in [9.17, 15) is 14.2 Å². The Kier molecular flexibility index (Phi) is 9.88. The Morgan fingerprint density at radius 2 is 1.92 bits per heavy atom. The Hall–Kier alpha value is -1.13. The maximum atomic E-state index is 12.3. The zero-order chi connectivity index (χ0) is 27.5. The first-order valence-electron chi connectivity index (χ1n) is 15.3. The standard InChI is InChI=1S/C31H52NO5P/c1-21(2)7-6-8-22(3)26-11-12-27-25-10-9-23-19-24(37-29(34)32-20-38(35)36-18-17-33)13-15-30(23,4)28(25)14-16-31(26,27)5/h9,17,21-22,24-28,38H,6-8,10-16,18-20H2,1-5H3,(H,32,34)/t22-,24+,25+,26-,27+,28+,30+,31-/m1/s1. The lowest BCUT2D eigenvalue weighted by Gasteiger charge is -2.58. The highest BCUT2D eigenvalue weighted by atomic mass is 31.1. The Balaban J connectivity index is 1.35. The van der Waals surface area contributed by atoms with Crippen molar-refractivity contribution >= 4 is 20.4 Å². The van der Waals surface area contributed by atoms with Crippen LogP contribution >= 0.6 is 8.03 Å². The van der Waals surface area contributed by atoms with Gasteiger partial charge >= 0.3 is 6.09 Å². The fourth-order valence-electron chi connectivity index (χ4n) is 9.27. The summed E-state index contributed by atoms with van der Waals surface area (Å²) in [6.07, 6.45) is 15.8. The van der Waals surface area contributed by atoms with Gasteiger partial charge in [0.1, 0.15) is 19.0 Å². The van der Waals surface area contributed by atoms with Crippen LogP contribution in [0.1, 0.15) is 105 Å². The third kappa shape index (κ3) is 6.27. The fraction of sp³-hybridized carbons (Fsp3) is 0.871. The van der Waals surface area contributed by atoms with E-state index in [1.165, 1.54) is 56.9 Å². The van der Waals surface area contributed by atoms with E-state index in [-0.39, 0.29) is 24.4 Å². The molecule has 0 aromatic rings. The number of hydrogen-bond acceptors (Lipinski definition) is 5. The van der Waals surface area contributed by atoms with Crippen LogP contribution in [0.4, 0.5) is 4.79 Å². The molecule has 0 heterocycles. The Morgan fingerprint density at radius 1 is 1.13 bits per heavy atom. The van der Waals surface area contributed by atoms with Crippen molar-refractivity contribution in [1.82, 2.24) is 5.32 Å². The fourth-order valence-corrected chi connectivity index (χ4v) is 9.91. The van der Waals surface area contributed by atoms with Gasteiger partial charge in [0.15, 0.2) is 0 Å². The number of aldehydes is 1. The zero-order valence-electron chi connectivity index (χ0n) is 24.4. The van der Waals surface area contributed by atoms with Crippen molar-refractivity contribution in [3.05, 3.63) is 11.6 Å².